The standard InChI is InChI=1S/C27H39ClO7/c1-8-25(6,28)23(31)35-19-11-18-16(13-33-18)17-12-27(32)10-9-14(2)20(24(27,4)5)21(34-15(3)29)22(30)26(17,19)7/h16-19,21,32H,8-13H2,1-7H3/t16-,17?,18?,19-,21?,25?,26-,27+/m0/s1. The maximum absolute atomic E-state index is 14.6. The van der Waals surface area contributed by atoms with Gasteiger partial charge in [-0.2, -0.15) is 0 Å². The van der Waals surface area contributed by atoms with Gasteiger partial charge in [-0.1, -0.05) is 26.3 Å². The van der Waals surface area contributed by atoms with E-state index in [-0.39, 0.29) is 23.7 Å². The average molecular weight is 511 g/mol. The minimum absolute atomic E-state index is 0.0406. The Bertz CT molecular complexity index is 969. The second-order valence-electron chi connectivity index (χ2n) is 12.0. The number of Topliss-reactive ketones (excluding diaryl/α,β-unsaturated/α-hetero) is 1. The van der Waals surface area contributed by atoms with Gasteiger partial charge in [0.25, 0.3) is 0 Å². The molecule has 4 aliphatic rings. The van der Waals surface area contributed by atoms with E-state index in [4.69, 9.17) is 25.8 Å². The van der Waals surface area contributed by atoms with Crippen LogP contribution in [0.4, 0.5) is 0 Å². The van der Waals surface area contributed by atoms with Crippen molar-refractivity contribution in [3.63, 3.8) is 0 Å². The predicted molar refractivity (Wildman–Crippen MR) is 130 cm³/mol. The van der Waals surface area contributed by atoms with E-state index in [9.17, 15) is 19.5 Å². The number of esters is 2. The summed E-state index contributed by atoms with van der Waals surface area (Å²) in [6.07, 6.45) is 0.120. The Morgan fingerprint density at radius 3 is 2.46 bits per heavy atom. The smallest absolute Gasteiger partial charge is 0.327 e. The molecule has 0 amide bonds. The molecule has 3 fully saturated rings. The van der Waals surface area contributed by atoms with E-state index in [1.807, 2.05) is 27.7 Å². The van der Waals surface area contributed by atoms with Gasteiger partial charge in [0.1, 0.15) is 11.0 Å². The Labute approximate surface area is 212 Å². The maximum Gasteiger partial charge on any atom is 0.327 e. The van der Waals surface area contributed by atoms with Crippen LogP contribution in [0.25, 0.3) is 0 Å². The third-order valence-corrected chi connectivity index (χ3v) is 10.2. The van der Waals surface area contributed by atoms with Gasteiger partial charge in [-0.3, -0.25) is 14.4 Å². The zero-order valence-corrected chi connectivity index (χ0v) is 22.7. The molecule has 4 rings (SSSR count). The zero-order valence-electron chi connectivity index (χ0n) is 21.9. The van der Waals surface area contributed by atoms with Crippen molar-refractivity contribution in [1.82, 2.24) is 0 Å². The molecule has 1 heterocycles. The quantitative estimate of drug-likeness (QED) is 0.345. The number of carbonyl (C=O) groups excluding carboxylic acids is 3. The summed E-state index contributed by atoms with van der Waals surface area (Å²) in [5.41, 5.74) is -1.47. The van der Waals surface area contributed by atoms with E-state index in [2.05, 4.69) is 0 Å². The summed E-state index contributed by atoms with van der Waals surface area (Å²) in [6.45, 7) is 12.8. The lowest BCUT2D eigenvalue weighted by Gasteiger charge is -2.62. The van der Waals surface area contributed by atoms with Crippen LogP contribution in [-0.2, 0) is 28.6 Å². The van der Waals surface area contributed by atoms with Crippen LogP contribution >= 0.6 is 11.6 Å². The predicted octanol–water partition coefficient (Wildman–Crippen LogP) is 4.12. The number of allylic oxidation sites excluding steroid dienone is 1. The second kappa shape index (κ2) is 8.56. The average Bonchev–Trinajstić information content (AvgIpc) is 2.74. The highest BCUT2D eigenvalue weighted by Gasteiger charge is 2.68. The number of hydrogen-bond donors (Lipinski definition) is 1. The number of hydrogen-bond acceptors (Lipinski definition) is 7. The lowest BCUT2D eigenvalue weighted by atomic mass is 9.47. The molecule has 0 radical (unpaired) electrons. The fourth-order valence-corrected chi connectivity index (χ4v) is 7.01. The van der Waals surface area contributed by atoms with Crippen molar-refractivity contribution in [3.8, 4) is 0 Å². The summed E-state index contributed by atoms with van der Waals surface area (Å²) in [5.74, 6) is -1.70. The first-order valence-electron chi connectivity index (χ1n) is 12.8. The van der Waals surface area contributed by atoms with Crippen LogP contribution < -0.4 is 0 Å². The lowest BCUT2D eigenvalue weighted by Crippen LogP contribution is -2.69. The normalized spacial score (nSPS) is 41.9. The van der Waals surface area contributed by atoms with Crippen LogP contribution in [0.5, 0.6) is 0 Å². The summed E-state index contributed by atoms with van der Waals surface area (Å²) < 4.78 is 17.6. The monoisotopic (exact) mass is 510 g/mol. The maximum atomic E-state index is 14.6. The highest BCUT2D eigenvalue weighted by atomic mass is 35.5. The fraction of sp³-hybridized carbons (Fsp3) is 0.815. The fourth-order valence-electron chi connectivity index (χ4n) is 6.96. The van der Waals surface area contributed by atoms with Crippen molar-refractivity contribution >= 4 is 29.3 Å². The van der Waals surface area contributed by atoms with E-state index >= 15 is 0 Å². The molecule has 0 spiro atoms. The Balaban J connectivity index is 1.88. The van der Waals surface area contributed by atoms with Crippen LogP contribution in [0, 0.1) is 22.7 Å². The number of carbonyl (C=O) groups is 3. The van der Waals surface area contributed by atoms with Crippen LogP contribution in [-0.4, -0.2) is 58.2 Å². The van der Waals surface area contributed by atoms with E-state index in [0.717, 1.165) is 5.57 Å². The van der Waals surface area contributed by atoms with E-state index in [0.29, 0.717) is 44.3 Å². The van der Waals surface area contributed by atoms with E-state index < -0.39 is 45.5 Å². The number of aliphatic hydroxyl groups is 1. The van der Waals surface area contributed by atoms with Gasteiger partial charge < -0.3 is 19.3 Å². The van der Waals surface area contributed by atoms with E-state index in [1.165, 1.54) is 6.92 Å². The molecular formula is C27H39ClO7. The number of fused-ring (bicyclic) bond motifs is 5. The molecule has 2 saturated carbocycles. The van der Waals surface area contributed by atoms with Crippen molar-refractivity contribution in [2.75, 3.05) is 6.61 Å². The number of alkyl halides is 1. The SMILES string of the molecule is CCC(C)(Cl)C(=O)O[C@H]1CC2OC[C@H]2C2C[C@]3(O)CCC(C)=C(C(OC(C)=O)C(=O)[C@@]21C)C3(C)C. The Morgan fingerprint density at radius 1 is 1.26 bits per heavy atom. The van der Waals surface area contributed by atoms with Gasteiger partial charge in [0.2, 0.25) is 0 Å². The van der Waals surface area contributed by atoms with Gasteiger partial charge in [-0.15, -0.1) is 11.6 Å². The lowest BCUT2D eigenvalue weighted by molar-refractivity contribution is -0.247. The van der Waals surface area contributed by atoms with Crippen LogP contribution in [0.15, 0.2) is 11.1 Å². The van der Waals surface area contributed by atoms with Crippen molar-refractivity contribution in [1.29, 1.82) is 0 Å². The van der Waals surface area contributed by atoms with Gasteiger partial charge in [0.05, 0.1) is 23.7 Å². The molecule has 0 aromatic rings. The molecule has 1 N–H and O–H groups in total. The van der Waals surface area contributed by atoms with E-state index in [1.54, 1.807) is 13.8 Å². The van der Waals surface area contributed by atoms with Crippen molar-refractivity contribution in [2.24, 2.45) is 22.7 Å². The Kier molecular flexibility index (Phi) is 6.51. The largest absolute Gasteiger partial charge is 0.460 e. The molecular weight excluding hydrogens is 472 g/mol. The van der Waals surface area contributed by atoms with Crippen molar-refractivity contribution in [3.05, 3.63) is 11.1 Å². The number of rotatable bonds is 4. The molecule has 3 aliphatic carbocycles. The highest BCUT2D eigenvalue weighted by molar-refractivity contribution is 6.33. The molecule has 7 nitrogen and oxygen atoms in total. The third-order valence-electron chi connectivity index (χ3n) is 9.80. The zero-order chi connectivity index (χ0) is 26.1. The minimum atomic E-state index is -1.22. The summed E-state index contributed by atoms with van der Waals surface area (Å²) in [6, 6.07) is 0. The summed E-state index contributed by atoms with van der Waals surface area (Å²) in [5, 5.41) is 12.2. The van der Waals surface area contributed by atoms with Crippen molar-refractivity contribution < 1.29 is 33.7 Å². The molecule has 0 aromatic carbocycles. The Morgan fingerprint density at radius 2 is 1.91 bits per heavy atom. The van der Waals surface area contributed by atoms with Gasteiger partial charge in [-0.05, 0) is 57.9 Å². The first-order valence-corrected chi connectivity index (χ1v) is 13.1. The van der Waals surface area contributed by atoms with Crippen LogP contribution in [0.2, 0.25) is 0 Å². The summed E-state index contributed by atoms with van der Waals surface area (Å²) >= 11 is 6.43. The molecule has 196 valence electrons. The first-order chi connectivity index (χ1) is 16.1. The molecule has 2 bridgehead atoms. The summed E-state index contributed by atoms with van der Waals surface area (Å²) in [4.78, 5) is 38.7. The van der Waals surface area contributed by atoms with Gasteiger partial charge >= 0.3 is 11.9 Å². The van der Waals surface area contributed by atoms with Gasteiger partial charge in [0.15, 0.2) is 11.9 Å². The van der Waals surface area contributed by atoms with Crippen LogP contribution in [0.1, 0.15) is 80.6 Å². The minimum Gasteiger partial charge on any atom is -0.460 e. The third kappa shape index (κ3) is 3.88. The number of ketones is 1. The number of halogens is 1. The van der Waals surface area contributed by atoms with Crippen molar-refractivity contribution in [2.45, 2.75) is 109 Å². The molecule has 8 atom stereocenters. The molecule has 4 unspecified atom stereocenters. The molecule has 1 saturated heterocycles. The summed E-state index contributed by atoms with van der Waals surface area (Å²) in [7, 11) is 0. The Hall–Kier alpha value is -1.44. The van der Waals surface area contributed by atoms with Gasteiger partial charge in [-0.25, -0.2) is 0 Å². The van der Waals surface area contributed by atoms with Crippen LogP contribution in [0.3, 0.4) is 0 Å². The topological polar surface area (TPSA) is 99.1 Å². The molecule has 8 heteroatoms. The molecule has 1 aliphatic heterocycles. The second-order valence-corrected chi connectivity index (χ2v) is 12.8. The first kappa shape index (κ1) is 26.6. The van der Waals surface area contributed by atoms with Gasteiger partial charge in [0, 0.05) is 24.7 Å². The number of ether oxygens (including phenoxy) is 3. The highest BCUT2D eigenvalue weighted by Crippen LogP contribution is 2.62. The molecule has 35 heavy (non-hydrogen) atoms. The molecule has 0 aromatic heterocycles.